The van der Waals surface area contributed by atoms with Crippen molar-refractivity contribution in [3.8, 4) is 0 Å². The maximum Gasteiger partial charge on any atom is 0.416 e. The summed E-state index contributed by atoms with van der Waals surface area (Å²) in [6.07, 6.45) is 0.895. The van der Waals surface area contributed by atoms with Crippen LogP contribution in [0.1, 0.15) is 40.4 Å². The number of fused-ring (bicyclic) bond motifs is 1. The number of hydrogen-bond donors (Lipinski definition) is 1. The van der Waals surface area contributed by atoms with Crippen molar-refractivity contribution in [2.24, 2.45) is 0 Å². The minimum atomic E-state index is -4.72. The smallest absolute Gasteiger partial charge is 0.329 e. The van der Waals surface area contributed by atoms with Crippen LogP contribution in [0.3, 0.4) is 0 Å². The second kappa shape index (κ2) is 11.4. The highest BCUT2D eigenvalue weighted by Crippen LogP contribution is 2.35. The molecule has 2 aromatic carbocycles. The van der Waals surface area contributed by atoms with E-state index in [0.717, 1.165) is 80.5 Å². The first-order valence-corrected chi connectivity index (χ1v) is 15.5. The predicted octanol–water partition coefficient (Wildman–Crippen LogP) is 2.78. The molecule has 10 nitrogen and oxygen atoms in total. The first-order valence-electron chi connectivity index (χ1n) is 14.1. The average Bonchev–Trinajstić information content (AvgIpc) is 3.61. The third kappa shape index (κ3) is 6.04. The molecule has 1 aromatic heterocycles. The Kier molecular flexibility index (Phi) is 7.77. The van der Waals surface area contributed by atoms with E-state index in [4.69, 9.17) is 0 Å². The number of halogens is 3. The quantitative estimate of drug-likeness (QED) is 0.436. The topological polar surface area (TPSA) is 104 Å². The molecule has 6 rings (SSSR count). The second-order valence-electron chi connectivity index (χ2n) is 11.3. The largest absolute Gasteiger partial charge is 0.416 e. The Morgan fingerprint density at radius 3 is 2.63 bits per heavy atom. The van der Waals surface area contributed by atoms with Crippen molar-refractivity contribution in [3.63, 3.8) is 0 Å². The van der Waals surface area contributed by atoms with Crippen LogP contribution in [-0.4, -0.2) is 82.7 Å². The highest BCUT2D eigenvalue weighted by atomic mass is 32.2. The Bertz CT molecular complexity index is 1650. The number of aryl methyl sites for hydroxylation is 1. The van der Waals surface area contributed by atoms with E-state index in [-0.39, 0.29) is 12.5 Å². The molecular weight excluding hydrogens is 583 g/mol. The van der Waals surface area contributed by atoms with Crippen LogP contribution in [0.2, 0.25) is 0 Å². The van der Waals surface area contributed by atoms with Crippen LogP contribution in [0, 0.1) is 0 Å². The lowest BCUT2D eigenvalue weighted by Gasteiger charge is -2.32. The van der Waals surface area contributed by atoms with Crippen molar-refractivity contribution in [1.29, 1.82) is 0 Å². The standard InChI is InChI=1S/C29H32F3N7O3S/c1-36-11-13-37(14-12-36)18-20-5-6-21-7-8-26(25(21)15-20)38-19-23(34-35-38)17-27-28(40)33-9-10-39(27)43(41,42)24-4-2-3-22(16-24)29(30,31)32/h2-6,9-10,15-16,19,26-27H,7-8,11-14,17-18H2,1H3,(H,33,40). The van der Waals surface area contributed by atoms with Crippen LogP contribution >= 0.6 is 0 Å². The summed E-state index contributed by atoms with van der Waals surface area (Å²) in [5, 5.41) is 11.1. The third-order valence-corrected chi connectivity index (χ3v) is 10.1. The van der Waals surface area contributed by atoms with Crippen LogP contribution in [0.15, 0.2) is 66.0 Å². The van der Waals surface area contributed by atoms with Crippen molar-refractivity contribution in [1.82, 2.24) is 34.4 Å². The van der Waals surface area contributed by atoms with Crippen molar-refractivity contribution in [2.75, 3.05) is 33.2 Å². The number of sulfonamides is 1. The van der Waals surface area contributed by atoms with Gasteiger partial charge in [0, 0.05) is 57.7 Å². The van der Waals surface area contributed by atoms with E-state index < -0.39 is 38.6 Å². The number of carbonyl (C=O) groups excluding carboxylic acids is 1. The molecule has 2 atom stereocenters. The lowest BCUT2D eigenvalue weighted by atomic mass is 10.0. The number of alkyl halides is 3. The van der Waals surface area contributed by atoms with E-state index in [1.165, 1.54) is 16.7 Å². The van der Waals surface area contributed by atoms with E-state index in [9.17, 15) is 26.4 Å². The normalized spacial score (nSPS) is 21.7. The zero-order valence-electron chi connectivity index (χ0n) is 23.5. The van der Waals surface area contributed by atoms with Gasteiger partial charge < -0.3 is 10.2 Å². The molecule has 3 aromatic rings. The van der Waals surface area contributed by atoms with Gasteiger partial charge in [-0.2, -0.15) is 13.2 Å². The minimum absolute atomic E-state index is 0.0475. The molecule has 1 N–H and O–H groups in total. The van der Waals surface area contributed by atoms with Crippen molar-refractivity contribution >= 4 is 15.9 Å². The van der Waals surface area contributed by atoms with Gasteiger partial charge in [0.25, 0.3) is 10.0 Å². The molecule has 3 heterocycles. The number of piperazine rings is 1. The van der Waals surface area contributed by atoms with E-state index >= 15 is 0 Å². The third-order valence-electron chi connectivity index (χ3n) is 8.33. The summed E-state index contributed by atoms with van der Waals surface area (Å²) in [6, 6.07) is 8.75. The van der Waals surface area contributed by atoms with Crippen LogP contribution in [-0.2, 0) is 40.4 Å². The van der Waals surface area contributed by atoms with Gasteiger partial charge in [-0.1, -0.05) is 29.5 Å². The summed E-state index contributed by atoms with van der Waals surface area (Å²) in [4.78, 5) is 17.1. The molecule has 1 saturated heterocycles. The molecule has 228 valence electrons. The average molecular weight is 616 g/mol. The van der Waals surface area contributed by atoms with Crippen molar-refractivity contribution < 1.29 is 26.4 Å². The summed E-state index contributed by atoms with van der Waals surface area (Å²) in [7, 11) is -2.36. The summed E-state index contributed by atoms with van der Waals surface area (Å²) < 4.78 is 69.3. The Labute approximate surface area is 247 Å². The van der Waals surface area contributed by atoms with E-state index in [1.54, 1.807) is 10.9 Å². The van der Waals surface area contributed by atoms with E-state index in [0.29, 0.717) is 11.8 Å². The fraction of sp³-hybridized carbons (Fsp3) is 0.414. The van der Waals surface area contributed by atoms with Crippen LogP contribution in [0.25, 0.3) is 0 Å². The highest BCUT2D eigenvalue weighted by Gasteiger charge is 2.38. The van der Waals surface area contributed by atoms with Crippen LogP contribution in [0.5, 0.6) is 0 Å². The van der Waals surface area contributed by atoms with Gasteiger partial charge in [-0.15, -0.1) is 5.10 Å². The molecule has 2 aliphatic heterocycles. The van der Waals surface area contributed by atoms with Crippen LogP contribution < -0.4 is 5.32 Å². The Morgan fingerprint density at radius 1 is 1.07 bits per heavy atom. The molecule has 0 radical (unpaired) electrons. The fourth-order valence-electron chi connectivity index (χ4n) is 5.92. The van der Waals surface area contributed by atoms with Gasteiger partial charge >= 0.3 is 6.18 Å². The highest BCUT2D eigenvalue weighted by molar-refractivity contribution is 7.89. The second-order valence-corrected chi connectivity index (χ2v) is 13.1. The number of aromatic nitrogens is 3. The maximum absolute atomic E-state index is 13.4. The van der Waals surface area contributed by atoms with Gasteiger partial charge in [-0.3, -0.25) is 14.0 Å². The maximum atomic E-state index is 13.4. The van der Waals surface area contributed by atoms with E-state index in [1.807, 2.05) is 0 Å². The number of carbonyl (C=O) groups is 1. The summed E-state index contributed by atoms with van der Waals surface area (Å²) in [5.74, 6) is -0.618. The first kappa shape index (κ1) is 29.3. The van der Waals surface area contributed by atoms with Gasteiger partial charge in [0.15, 0.2) is 0 Å². The van der Waals surface area contributed by atoms with Crippen molar-refractivity contribution in [3.05, 3.63) is 89.0 Å². The molecule has 0 saturated carbocycles. The molecule has 1 amide bonds. The number of amides is 1. The van der Waals surface area contributed by atoms with Crippen LogP contribution in [0.4, 0.5) is 13.2 Å². The van der Waals surface area contributed by atoms with Gasteiger partial charge in [0.2, 0.25) is 5.91 Å². The zero-order chi connectivity index (χ0) is 30.4. The number of benzene rings is 2. The lowest BCUT2D eigenvalue weighted by Crippen LogP contribution is -2.50. The molecule has 3 aliphatic rings. The number of likely N-dealkylation sites (N-methyl/N-ethyl adjacent to an activating group) is 1. The molecule has 43 heavy (non-hydrogen) atoms. The first-order chi connectivity index (χ1) is 20.5. The summed E-state index contributed by atoms with van der Waals surface area (Å²) >= 11 is 0. The Morgan fingerprint density at radius 2 is 1.86 bits per heavy atom. The molecule has 0 spiro atoms. The fourth-order valence-corrected chi connectivity index (χ4v) is 7.41. The van der Waals surface area contributed by atoms with E-state index in [2.05, 4.69) is 50.7 Å². The number of hydrogen-bond acceptors (Lipinski definition) is 7. The Hall–Kier alpha value is -3.75. The molecule has 2 unspecified atom stereocenters. The Balaban J connectivity index is 1.21. The van der Waals surface area contributed by atoms with Gasteiger partial charge in [0.1, 0.15) is 6.04 Å². The summed E-state index contributed by atoms with van der Waals surface area (Å²) in [6.45, 7) is 5.00. The number of nitrogens with zero attached hydrogens (tertiary/aromatic N) is 6. The van der Waals surface area contributed by atoms with Gasteiger partial charge in [-0.25, -0.2) is 13.1 Å². The molecule has 1 fully saturated rings. The number of nitrogens with one attached hydrogen (secondary N) is 1. The minimum Gasteiger partial charge on any atom is -0.329 e. The molecule has 0 bridgehead atoms. The molecular formula is C29H32F3N7O3S. The van der Waals surface area contributed by atoms with Gasteiger partial charge in [-0.05, 0) is 54.8 Å². The lowest BCUT2D eigenvalue weighted by molar-refractivity contribution is -0.137. The summed E-state index contributed by atoms with van der Waals surface area (Å²) in [5.41, 5.74) is 2.95. The van der Waals surface area contributed by atoms with Crippen molar-refractivity contribution in [2.45, 2.75) is 49.0 Å². The predicted molar refractivity (Wildman–Crippen MR) is 151 cm³/mol. The van der Waals surface area contributed by atoms with Gasteiger partial charge in [0.05, 0.1) is 22.2 Å². The zero-order valence-corrected chi connectivity index (χ0v) is 24.4. The monoisotopic (exact) mass is 615 g/mol. The molecule has 1 aliphatic carbocycles. The molecule has 14 heteroatoms. The number of rotatable bonds is 7. The SMILES string of the molecule is CN1CCN(Cc2ccc3c(c2)C(n2cc(CC4C(=O)NC=CN4S(=O)(=O)c4cccc(C(F)(F)F)c4)nn2)CC3)CC1.